The molecule has 1 N–H and O–H groups in total. The molecule has 2 atom stereocenters. The van der Waals surface area contributed by atoms with E-state index in [-0.39, 0.29) is 0 Å². The van der Waals surface area contributed by atoms with Crippen LogP contribution in [0.15, 0.2) is 18.5 Å². The van der Waals surface area contributed by atoms with E-state index in [9.17, 15) is 14.3 Å². The van der Waals surface area contributed by atoms with Crippen LogP contribution in [-0.2, 0) is 4.74 Å². The molecule has 0 aromatic carbocycles. The van der Waals surface area contributed by atoms with E-state index in [0.29, 0.717) is 12.0 Å². The first-order valence-electron chi connectivity index (χ1n) is 7.32. The van der Waals surface area contributed by atoms with E-state index in [1.54, 1.807) is 20.8 Å². The quantitative estimate of drug-likeness (QED) is 0.912. The Labute approximate surface area is 130 Å². The van der Waals surface area contributed by atoms with Crippen LogP contribution in [0.3, 0.4) is 0 Å². The lowest BCUT2D eigenvalue weighted by Gasteiger charge is -2.56. The molecule has 1 saturated heterocycles. The molecule has 2 heterocycles. The maximum absolute atomic E-state index is 13.3. The standard InChI is InChI=1S/C16H23FN2O3/c1-15(2,3)22-14(21)19-12(7-16(19,4)5)13(20)10-6-11(17)9-18-8-10/h6,8-9,12-13,20H,7H2,1-5H3/t12-,13-/m0/s1. The number of hydrogen-bond acceptors (Lipinski definition) is 4. The van der Waals surface area contributed by atoms with E-state index in [2.05, 4.69) is 4.98 Å². The molecule has 1 aromatic heterocycles. The van der Waals surface area contributed by atoms with Crippen molar-refractivity contribution < 1.29 is 19.0 Å². The first-order chi connectivity index (χ1) is 10.0. The van der Waals surface area contributed by atoms with E-state index in [0.717, 1.165) is 6.20 Å². The number of aromatic nitrogens is 1. The van der Waals surface area contributed by atoms with Gasteiger partial charge in [-0.05, 0) is 47.1 Å². The molecule has 1 aliphatic heterocycles. The number of carbonyl (C=O) groups is 1. The predicted octanol–water partition coefficient (Wildman–Crippen LogP) is 3.04. The first kappa shape index (κ1) is 16.7. The molecule has 1 aliphatic rings. The van der Waals surface area contributed by atoms with Crippen LogP contribution in [0.25, 0.3) is 0 Å². The lowest BCUT2D eigenvalue weighted by molar-refractivity contribution is -0.105. The second kappa shape index (κ2) is 5.50. The van der Waals surface area contributed by atoms with Gasteiger partial charge >= 0.3 is 6.09 Å². The van der Waals surface area contributed by atoms with Crippen LogP contribution in [0, 0.1) is 5.82 Å². The topological polar surface area (TPSA) is 62.7 Å². The predicted molar refractivity (Wildman–Crippen MR) is 79.7 cm³/mol. The minimum Gasteiger partial charge on any atom is -0.444 e. The molecule has 0 spiro atoms. The summed E-state index contributed by atoms with van der Waals surface area (Å²) in [6.45, 7) is 9.19. The molecular formula is C16H23FN2O3. The van der Waals surface area contributed by atoms with Crippen molar-refractivity contribution in [3.8, 4) is 0 Å². The Bertz CT molecular complexity index is 569. The van der Waals surface area contributed by atoms with Crippen molar-refractivity contribution in [1.29, 1.82) is 0 Å². The summed E-state index contributed by atoms with van der Waals surface area (Å²) in [5.74, 6) is -0.515. The number of hydrogen-bond donors (Lipinski definition) is 1. The first-order valence-corrected chi connectivity index (χ1v) is 7.32. The summed E-state index contributed by atoms with van der Waals surface area (Å²) in [7, 11) is 0. The Kier molecular flexibility index (Phi) is 4.17. The van der Waals surface area contributed by atoms with Crippen LogP contribution in [-0.4, -0.2) is 38.3 Å². The summed E-state index contributed by atoms with van der Waals surface area (Å²) in [4.78, 5) is 17.6. The monoisotopic (exact) mass is 310 g/mol. The van der Waals surface area contributed by atoms with Gasteiger partial charge < -0.3 is 9.84 Å². The van der Waals surface area contributed by atoms with Crippen LogP contribution in [0.1, 0.15) is 52.7 Å². The SMILES string of the molecule is CC(C)(C)OC(=O)N1[C@H]([C@@H](O)c2cncc(F)c2)CC1(C)C. The van der Waals surface area contributed by atoms with Gasteiger partial charge in [0.1, 0.15) is 17.5 Å². The largest absolute Gasteiger partial charge is 0.444 e. The van der Waals surface area contributed by atoms with E-state index < -0.39 is 35.2 Å². The summed E-state index contributed by atoms with van der Waals surface area (Å²) < 4.78 is 18.7. The number of rotatable bonds is 2. The summed E-state index contributed by atoms with van der Waals surface area (Å²) in [6.07, 6.45) is 1.61. The Morgan fingerprint density at radius 2 is 2.14 bits per heavy atom. The molecule has 2 rings (SSSR count). The molecule has 1 amide bonds. The van der Waals surface area contributed by atoms with Gasteiger partial charge in [-0.1, -0.05) is 0 Å². The van der Waals surface area contributed by atoms with Crippen molar-refractivity contribution >= 4 is 6.09 Å². The normalized spacial score (nSPS) is 22.0. The van der Waals surface area contributed by atoms with Gasteiger partial charge in [0.15, 0.2) is 0 Å². The Hall–Kier alpha value is -1.69. The van der Waals surface area contributed by atoms with Gasteiger partial charge in [0.05, 0.1) is 12.2 Å². The lowest BCUT2D eigenvalue weighted by Crippen LogP contribution is -2.67. The van der Waals surface area contributed by atoms with Gasteiger partial charge in [0.25, 0.3) is 0 Å². The highest BCUT2D eigenvalue weighted by Gasteiger charge is 2.52. The van der Waals surface area contributed by atoms with Gasteiger partial charge in [0, 0.05) is 17.3 Å². The van der Waals surface area contributed by atoms with Crippen LogP contribution >= 0.6 is 0 Å². The van der Waals surface area contributed by atoms with E-state index in [1.165, 1.54) is 17.2 Å². The van der Waals surface area contributed by atoms with Crippen molar-refractivity contribution in [1.82, 2.24) is 9.88 Å². The Balaban J connectivity index is 2.19. The Morgan fingerprint density at radius 1 is 1.50 bits per heavy atom. The zero-order valence-corrected chi connectivity index (χ0v) is 13.6. The smallest absolute Gasteiger partial charge is 0.411 e. The van der Waals surface area contributed by atoms with Gasteiger partial charge in [-0.3, -0.25) is 9.88 Å². The van der Waals surface area contributed by atoms with Crippen LogP contribution < -0.4 is 0 Å². The fraction of sp³-hybridized carbons (Fsp3) is 0.625. The molecule has 1 aromatic rings. The molecule has 0 aliphatic carbocycles. The minimum atomic E-state index is -0.997. The van der Waals surface area contributed by atoms with Gasteiger partial charge in [0.2, 0.25) is 0 Å². The van der Waals surface area contributed by atoms with Crippen LogP contribution in [0.4, 0.5) is 9.18 Å². The van der Waals surface area contributed by atoms with Crippen LogP contribution in [0.2, 0.25) is 0 Å². The highest BCUT2D eigenvalue weighted by Crippen LogP contribution is 2.43. The number of aliphatic hydroxyl groups is 1. The summed E-state index contributed by atoms with van der Waals surface area (Å²) in [5.41, 5.74) is -0.665. The molecule has 0 radical (unpaired) electrons. The molecule has 0 unspecified atom stereocenters. The number of halogens is 1. The van der Waals surface area contributed by atoms with E-state index >= 15 is 0 Å². The van der Waals surface area contributed by atoms with Crippen molar-refractivity contribution in [2.75, 3.05) is 0 Å². The maximum Gasteiger partial charge on any atom is 0.411 e. The summed E-state index contributed by atoms with van der Waals surface area (Å²) in [5, 5.41) is 10.5. The number of pyridine rings is 1. The van der Waals surface area contributed by atoms with E-state index in [1.807, 2.05) is 13.8 Å². The van der Waals surface area contributed by atoms with Crippen LogP contribution in [0.5, 0.6) is 0 Å². The second-order valence-electron chi connectivity index (χ2n) is 7.32. The molecule has 5 nitrogen and oxygen atoms in total. The number of nitrogens with zero attached hydrogens (tertiary/aromatic N) is 2. The lowest BCUT2D eigenvalue weighted by atomic mass is 9.78. The number of aliphatic hydroxyl groups excluding tert-OH is 1. The third-order valence-corrected chi connectivity index (χ3v) is 3.71. The van der Waals surface area contributed by atoms with Crippen molar-refractivity contribution in [2.24, 2.45) is 0 Å². The number of carbonyl (C=O) groups excluding carboxylic acids is 1. The van der Waals surface area contributed by atoms with Gasteiger partial charge in [-0.2, -0.15) is 0 Å². The average Bonchev–Trinajstić information content (AvgIpc) is 2.33. The van der Waals surface area contributed by atoms with Gasteiger partial charge in [-0.25, -0.2) is 9.18 Å². The van der Waals surface area contributed by atoms with Crippen molar-refractivity contribution in [2.45, 2.75) is 64.3 Å². The van der Waals surface area contributed by atoms with Crippen molar-refractivity contribution in [3.05, 3.63) is 29.8 Å². The fourth-order valence-corrected chi connectivity index (χ4v) is 2.80. The van der Waals surface area contributed by atoms with Crippen molar-refractivity contribution in [3.63, 3.8) is 0 Å². The summed E-state index contributed by atoms with van der Waals surface area (Å²) >= 11 is 0. The zero-order chi connectivity index (χ0) is 16.7. The number of amides is 1. The second-order valence-corrected chi connectivity index (χ2v) is 7.32. The van der Waals surface area contributed by atoms with Gasteiger partial charge in [-0.15, -0.1) is 0 Å². The molecule has 22 heavy (non-hydrogen) atoms. The average molecular weight is 310 g/mol. The fourth-order valence-electron chi connectivity index (χ4n) is 2.80. The maximum atomic E-state index is 13.3. The highest BCUT2D eigenvalue weighted by atomic mass is 19.1. The molecule has 6 heteroatoms. The molecule has 0 bridgehead atoms. The zero-order valence-electron chi connectivity index (χ0n) is 13.6. The third kappa shape index (κ3) is 3.38. The minimum absolute atomic E-state index is 0.356. The summed E-state index contributed by atoms with van der Waals surface area (Å²) in [6, 6.07) is 0.782. The Morgan fingerprint density at radius 3 is 2.64 bits per heavy atom. The molecule has 0 saturated carbocycles. The number of ether oxygens (including phenoxy) is 1. The third-order valence-electron chi connectivity index (χ3n) is 3.71. The highest BCUT2D eigenvalue weighted by molar-refractivity contribution is 5.71. The van der Waals surface area contributed by atoms with E-state index in [4.69, 9.17) is 4.74 Å². The molecule has 1 fully saturated rings. The molecular weight excluding hydrogens is 287 g/mol. The molecule has 122 valence electrons. The number of likely N-dealkylation sites (tertiary alicyclic amines) is 1.